The van der Waals surface area contributed by atoms with E-state index in [0.717, 1.165) is 55.2 Å². The van der Waals surface area contributed by atoms with Crippen molar-refractivity contribution in [1.82, 2.24) is 9.88 Å². The van der Waals surface area contributed by atoms with Crippen LogP contribution in [0.4, 0.5) is 17.2 Å². The molecule has 0 spiro atoms. The molecule has 2 heterocycles. The van der Waals surface area contributed by atoms with Gasteiger partial charge in [0.2, 0.25) is 5.91 Å². The third-order valence-electron chi connectivity index (χ3n) is 6.40. The Morgan fingerprint density at radius 2 is 1.74 bits per heavy atom. The largest absolute Gasteiger partial charge is 0.356 e. The zero-order valence-electron chi connectivity index (χ0n) is 20.6. The number of aryl methyl sites for hydroxylation is 1. The van der Waals surface area contributed by atoms with E-state index >= 15 is 0 Å². The number of aromatic nitrogens is 1. The van der Waals surface area contributed by atoms with Gasteiger partial charge in [-0.05, 0) is 62.7 Å². The van der Waals surface area contributed by atoms with Crippen LogP contribution in [0.1, 0.15) is 41.3 Å². The number of nitrogens with zero attached hydrogens (tertiary/aromatic N) is 3. The number of rotatable bonds is 7. The molecule has 7 nitrogen and oxygen atoms in total. The van der Waals surface area contributed by atoms with Gasteiger partial charge in [-0.1, -0.05) is 29.8 Å². The van der Waals surface area contributed by atoms with Crippen molar-refractivity contribution < 1.29 is 9.59 Å². The summed E-state index contributed by atoms with van der Waals surface area (Å²) >= 11 is 0. The molecule has 0 atom stereocenters. The molecule has 2 amide bonds. The number of carbonyl (C=O) groups excluding carboxylic acids is 2. The minimum atomic E-state index is -0.115. The molecule has 2 aromatic carbocycles. The maximum absolute atomic E-state index is 12.6. The van der Waals surface area contributed by atoms with Gasteiger partial charge in [0.15, 0.2) is 0 Å². The summed E-state index contributed by atoms with van der Waals surface area (Å²) in [6, 6.07) is 19.9. The third kappa shape index (κ3) is 6.67. The van der Waals surface area contributed by atoms with E-state index in [1.54, 1.807) is 6.20 Å². The molecule has 3 aromatic rings. The van der Waals surface area contributed by atoms with Gasteiger partial charge in [-0.3, -0.25) is 14.5 Å². The quantitative estimate of drug-likeness (QED) is 0.522. The molecule has 0 saturated carbocycles. The van der Waals surface area contributed by atoms with Crippen LogP contribution in [-0.2, 0) is 11.3 Å². The number of nitrogens with one attached hydrogen (secondary N) is 2. The molecule has 7 heteroatoms. The van der Waals surface area contributed by atoms with Crippen LogP contribution in [-0.4, -0.2) is 47.9 Å². The minimum Gasteiger partial charge on any atom is -0.356 e. The Kier molecular flexibility index (Phi) is 7.77. The van der Waals surface area contributed by atoms with E-state index in [2.05, 4.69) is 44.6 Å². The molecule has 0 bridgehead atoms. The second-order valence-corrected chi connectivity index (χ2v) is 9.24. The zero-order chi connectivity index (χ0) is 24.8. The second-order valence-electron chi connectivity index (χ2n) is 9.24. The van der Waals surface area contributed by atoms with Gasteiger partial charge in [-0.15, -0.1) is 0 Å². The first-order chi connectivity index (χ1) is 16.9. The summed E-state index contributed by atoms with van der Waals surface area (Å²) in [4.78, 5) is 33.1. The standard InChI is InChI=1S/C28H33N5O2/c1-20-5-4-6-23(17-20)28(35)31-25-11-14-29-27(18-25)33-15-12-26(13-16-33)32(3)19-22-7-9-24(10-8-22)30-21(2)34/h4-11,14,17-18,26H,12-13,15-16,19H2,1-3H3,(H,30,34)(H,29,31,35). The fraction of sp³-hybridized carbons (Fsp3) is 0.321. The van der Waals surface area contributed by atoms with Crippen molar-refractivity contribution in [2.75, 3.05) is 35.7 Å². The fourth-order valence-corrected chi connectivity index (χ4v) is 4.51. The van der Waals surface area contributed by atoms with E-state index in [1.165, 1.54) is 12.5 Å². The lowest BCUT2D eigenvalue weighted by atomic mass is 10.0. The van der Waals surface area contributed by atoms with Crippen LogP contribution in [0.5, 0.6) is 0 Å². The average molecular weight is 472 g/mol. The number of hydrogen-bond acceptors (Lipinski definition) is 5. The van der Waals surface area contributed by atoms with Crippen LogP contribution in [0.2, 0.25) is 0 Å². The van der Waals surface area contributed by atoms with E-state index in [4.69, 9.17) is 0 Å². The first-order valence-corrected chi connectivity index (χ1v) is 12.0. The Hall–Kier alpha value is -3.71. The Labute approximate surface area is 207 Å². The second kappa shape index (κ2) is 11.1. The van der Waals surface area contributed by atoms with Crippen LogP contribution in [0.15, 0.2) is 66.9 Å². The van der Waals surface area contributed by atoms with E-state index < -0.39 is 0 Å². The van der Waals surface area contributed by atoms with Crippen LogP contribution in [0.25, 0.3) is 0 Å². The lowest BCUT2D eigenvalue weighted by Crippen LogP contribution is -2.43. The molecule has 182 valence electrons. The minimum absolute atomic E-state index is 0.0599. The van der Waals surface area contributed by atoms with Crippen LogP contribution < -0.4 is 15.5 Å². The molecule has 1 saturated heterocycles. The predicted octanol–water partition coefficient (Wildman–Crippen LogP) is 4.70. The molecular weight excluding hydrogens is 438 g/mol. The van der Waals surface area contributed by atoms with Gasteiger partial charge in [-0.25, -0.2) is 4.98 Å². The van der Waals surface area contributed by atoms with Crippen molar-refractivity contribution in [1.29, 1.82) is 0 Å². The molecule has 1 aliphatic rings. The van der Waals surface area contributed by atoms with Gasteiger partial charge in [0.25, 0.3) is 5.91 Å². The Balaban J connectivity index is 1.30. The number of anilines is 3. The number of pyridine rings is 1. The smallest absolute Gasteiger partial charge is 0.255 e. The number of piperidine rings is 1. The normalized spacial score (nSPS) is 14.1. The molecule has 2 N–H and O–H groups in total. The number of hydrogen-bond donors (Lipinski definition) is 2. The van der Waals surface area contributed by atoms with Gasteiger partial charge >= 0.3 is 0 Å². The number of carbonyl (C=O) groups is 2. The molecule has 1 aliphatic heterocycles. The monoisotopic (exact) mass is 471 g/mol. The third-order valence-corrected chi connectivity index (χ3v) is 6.40. The topological polar surface area (TPSA) is 77.6 Å². The average Bonchev–Trinajstić information content (AvgIpc) is 2.85. The van der Waals surface area contributed by atoms with Gasteiger partial charge in [0.05, 0.1) is 0 Å². The Morgan fingerprint density at radius 3 is 2.43 bits per heavy atom. The highest BCUT2D eigenvalue weighted by atomic mass is 16.2. The maximum Gasteiger partial charge on any atom is 0.255 e. The summed E-state index contributed by atoms with van der Waals surface area (Å²) in [6.45, 7) is 6.19. The van der Waals surface area contributed by atoms with Crippen LogP contribution in [0.3, 0.4) is 0 Å². The molecule has 1 fully saturated rings. The molecule has 1 aromatic heterocycles. The number of amides is 2. The van der Waals surface area contributed by atoms with Crippen molar-refractivity contribution in [2.24, 2.45) is 0 Å². The van der Waals surface area contributed by atoms with Crippen LogP contribution >= 0.6 is 0 Å². The summed E-state index contributed by atoms with van der Waals surface area (Å²) in [7, 11) is 2.17. The number of benzene rings is 2. The lowest BCUT2D eigenvalue weighted by Gasteiger charge is -2.37. The maximum atomic E-state index is 12.6. The SMILES string of the molecule is CC(=O)Nc1ccc(CN(C)C2CCN(c3cc(NC(=O)c4cccc(C)c4)ccn3)CC2)cc1. The molecule has 0 unspecified atom stereocenters. The molecule has 0 aliphatic carbocycles. The zero-order valence-corrected chi connectivity index (χ0v) is 20.6. The summed E-state index contributed by atoms with van der Waals surface area (Å²) in [5.74, 6) is 0.716. The van der Waals surface area contributed by atoms with Crippen molar-refractivity contribution in [3.63, 3.8) is 0 Å². The van der Waals surface area contributed by atoms with E-state index in [9.17, 15) is 9.59 Å². The molecule has 4 rings (SSSR count). The summed E-state index contributed by atoms with van der Waals surface area (Å²) < 4.78 is 0. The first kappa shape index (κ1) is 24.4. The van der Waals surface area contributed by atoms with Gasteiger partial charge in [-0.2, -0.15) is 0 Å². The van der Waals surface area contributed by atoms with Gasteiger partial charge in [0.1, 0.15) is 5.82 Å². The van der Waals surface area contributed by atoms with Crippen molar-refractivity contribution in [3.8, 4) is 0 Å². The molecule has 0 radical (unpaired) electrons. The van der Waals surface area contributed by atoms with Gasteiger partial charge in [0, 0.05) is 61.8 Å². The van der Waals surface area contributed by atoms with Crippen molar-refractivity contribution >= 4 is 29.0 Å². The Morgan fingerprint density at radius 1 is 1.00 bits per heavy atom. The van der Waals surface area contributed by atoms with Crippen molar-refractivity contribution in [2.45, 2.75) is 39.3 Å². The highest BCUT2D eigenvalue weighted by Gasteiger charge is 2.23. The van der Waals surface area contributed by atoms with E-state index in [-0.39, 0.29) is 11.8 Å². The van der Waals surface area contributed by atoms with E-state index in [0.29, 0.717) is 11.6 Å². The fourth-order valence-electron chi connectivity index (χ4n) is 4.51. The first-order valence-electron chi connectivity index (χ1n) is 12.0. The van der Waals surface area contributed by atoms with Gasteiger partial charge < -0.3 is 15.5 Å². The molecule has 35 heavy (non-hydrogen) atoms. The van der Waals surface area contributed by atoms with E-state index in [1.807, 2.05) is 55.5 Å². The van der Waals surface area contributed by atoms with Crippen LogP contribution in [0, 0.1) is 6.92 Å². The predicted molar refractivity (Wildman–Crippen MR) is 141 cm³/mol. The summed E-state index contributed by atoms with van der Waals surface area (Å²) in [6.07, 6.45) is 3.84. The lowest BCUT2D eigenvalue weighted by molar-refractivity contribution is -0.114. The van der Waals surface area contributed by atoms with Crippen molar-refractivity contribution in [3.05, 3.63) is 83.6 Å². The highest BCUT2D eigenvalue weighted by molar-refractivity contribution is 6.04. The summed E-state index contributed by atoms with van der Waals surface area (Å²) in [5.41, 5.74) is 4.51. The molecular formula is C28H33N5O2. The Bertz CT molecular complexity index is 1170. The summed E-state index contributed by atoms with van der Waals surface area (Å²) in [5, 5.41) is 5.80. The highest BCUT2D eigenvalue weighted by Crippen LogP contribution is 2.24.